The van der Waals surface area contributed by atoms with Gasteiger partial charge in [0.05, 0.1) is 12.1 Å². The van der Waals surface area contributed by atoms with Crippen LogP contribution in [-0.2, 0) is 4.79 Å². The van der Waals surface area contributed by atoms with Gasteiger partial charge in [0, 0.05) is 5.69 Å². The van der Waals surface area contributed by atoms with Crippen LogP contribution in [0.3, 0.4) is 0 Å². The summed E-state index contributed by atoms with van der Waals surface area (Å²) in [6.07, 6.45) is 0. The Morgan fingerprint density at radius 2 is 1.94 bits per heavy atom. The molecule has 0 aliphatic heterocycles. The van der Waals surface area contributed by atoms with E-state index in [2.05, 4.69) is 10.3 Å². The maximum atomic E-state index is 11.7. The lowest BCUT2D eigenvalue weighted by Crippen LogP contribution is -2.33. The average Bonchev–Trinajstić information content (AvgIpc) is 2.51. The van der Waals surface area contributed by atoms with Crippen LogP contribution < -0.4 is 11.1 Å². The summed E-state index contributed by atoms with van der Waals surface area (Å²) in [5, 5.41) is 11.2. The van der Waals surface area contributed by atoms with E-state index in [0.717, 1.165) is 0 Å². The molecule has 1 heterocycles. The summed E-state index contributed by atoms with van der Waals surface area (Å²) < 4.78 is 0. The first-order valence-electron chi connectivity index (χ1n) is 4.83. The molecule has 0 aliphatic rings. The molecule has 17 heavy (non-hydrogen) atoms. The Morgan fingerprint density at radius 1 is 1.35 bits per heavy atom. The molecule has 0 bridgehead atoms. The van der Waals surface area contributed by atoms with E-state index in [1.807, 2.05) is 0 Å². The van der Waals surface area contributed by atoms with E-state index in [1.54, 1.807) is 6.92 Å². The molecule has 1 aromatic rings. The second kappa shape index (κ2) is 4.69. The van der Waals surface area contributed by atoms with Gasteiger partial charge in [0.2, 0.25) is 5.91 Å². The van der Waals surface area contributed by atoms with Gasteiger partial charge in [-0.1, -0.05) is 0 Å². The summed E-state index contributed by atoms with van der Waals surface area (Å²) in [6, 6.07) is 0. The van der Waals surface area contributed by atoms with E-state index in [0.29, 0.717) is 11.3 Å². The van der Waals surface area contributed by atoms with Crippen LogP contribution >= 0.6 is 0 Å². The second-order valence-electron chi connectivity index (χ2n) is 3.58. The molecule has 7 heteroatoms. The lowest BCUT2D eigenvalue weighted by molar-refractivity contribution is -0.117. The average molecular weight is 239 g/mol. The summed E-state index contributed by atoms with van der Waals surface area (Å²) >= 11 is 0. The van der Waals surface area contributed by atoms with Crippen molar-refractivity contribution in [2.24, 2.45) is 5.73 Å². The van der Waals surface area contributed by atoms with Crippen molar-refractivity contribution in [2.45, 2.75) is 13.8 Å². The fraction of sp³-hybridized carbons (Fsp3) is 0.300. The number of H-pyrrole nitrogens is 1. The zero-order valence-corrected chi connectivity index (χ0v) is 9.46. The number of nitrogens with two attached hydrogens (primary N) is 1. The van der Waals surface area contributed by atoms with E-state index in [1.165, 1.54) is 6.92 Å². The van der Waals surface area contributed by atoms with Crippen LogP contribution in [0.2, 0.25) is 0 Å². The van der Waals surface area contributed by atoms with Crippen LogP contribution in [0.4, 0.5) is 0 Å². The molecule has 5 N–H and O–H groups in total. The number of nitrogens with one attached hydrogen (secondary N) is 2. The van der Waals surface area contributed by atoms with Gasteiger partial charge in [-0.2, -0.15) is 0 Å². The maximum absolute atomic E-state index is 11.7. The Morgan fingerprint density at radius 3 is 2.35 bits per heavy atom. The Hall–Kier alpha value is -2.31. The number of amides is 2. The third-order valence-corrected chi connectivity index (χ3v) is 2.30. The highest BCUT2D eigenvalue weighted by Crippen LogP contribution is 2.17. The van der Waals surface area contributed by atoms with Crippen molar-refractivity contribution in [3.05, 3.63) is 22.5 Å². The monoisotopic (exact) mass is 239 g/mol. The quantitative estimate of drug-likeness (QED) is 0.567. The van der Waals surface area contributed by atoms with Gasteiger partial charge < -0.3 is 21.1 Å². The minimum Gasteiger partial charge on any atom is -0.477 e. The first-order valence-corrected chi connectivity index (χ1v) is 4.83. The number of hydrogen-bond donors (Lipinski definition) is 4. The Labute approximate surface area is 97.0 Å². The Kier molecular flexibility index (Phi) is 3.52. The van der Waals surface area contributed by atoms with Crippen LogP contribution in [0.15, 0.2) is 0 Å². The van der Waals surface area contributed by atoms with Gasteiger partial charge >= 0.3 is 5.97 Å². The minimum atomic E-state index is -1.14. The molecule has 2 amide bonds. The molecular formula is C10H13N3O4. The number of carbonyl (C=O) groups is 3. The Bertz CT molecular complexity index is 490. The number of aromatic nitrogens is 1. The zero-order valence-electron chi connectivity index (χ0n) is 9.46. The van der Waals surface area contributed by atoms with Gasteiger partial charge in [0.25, 0.3) is 5.91 Å². The number of aromatic carboxylic acids is 1. The highest BCUT2D eigenvalue weighted by molar-refractivity contribution is 6.01. The summed E-state index contributed by atoms with van der Waals surface area (Å²) in [7, 11) is 0. The highest BCUT2D eigenvalue weighted by atomic mass is 16.4. The van der Waals surface area contributed by atoms with Crippen molar-refractivity contribution in [2.75, 3.05) is 6.54 Å². The predicted molar refractivity (Wildman–Crippen MR) is 58.8 cm³/mol. The van der Waals surface area contributed by atoms with Gasteiger partial charge in [-0.3, -0.25) is 9.59 Å². The van der Waals surface area contributed by atoms with Gasteiger partial charge in [0.1, 0.15) is 5.69 Å². The van der Waals surface area contributed by atoms with Crippen molar-refractivity contribution in [1.82, 2.24) is 10.3 Å². The van der Waals surface area contributed by atoms with E-state index in [-0.39, 0.29) is 17.8 Å². The molecule has 0 fully saturated rings. The van der Waals surface area contributed by atoms with E-state index in [9.17, 15) is 14.4 Å². The molecule has 1 rings (SSSR count). The Balaban J connectivity index is 3.02. The van der Waals surface area contributed by atoms with Crippen LogP contribution in [-0.4, -0.2) is 34.4 Å². The molecule has 0 aromatic carbocycles. The smallest absolute Gasteiger partial charge is 0.352 e. The van der Waals surface area contributed by atoms with Gasteiger partial charge in [0.15, 0.2) is 0 Å². The van der Waals surface area contributed by atoms with Gasteiger partial charge in [-0.25, -0.2) is 4.79 Å². The maximum Gasteiger partial charge on any atom is 0.352 e. The minimum absolute atomic E-state index is 0.0354. The van der Waals surface area contributed by atoms with Crippen LogP contribution in [0, 0.1) is 13.8 Å². The van der Waals surface area contributed by atoms with Crippen molar-refractivity contribution in [3.8, 4) is 0 Å². The molecule has 0 saturated carbocycles. The summed E-state index contributed by atoms with van der Waals surface area (Å²) in [6.45, 7) is 2.82. The zero-order chi connectivity index (χ0) is 13.2. The molecule has 0 spiro atoms. The number of aromatic amines is 1. The van der Waals surface area contributed by atoms with Gasteiger partial charge in [-0.15, -0.1) is 0 Å². The van der Waals surface area contributed by atoms with Crippen molar-refractivity contribution < 1.29 is 19.5 Å². The summed E-state index contributed by atoms with van der Waals surface area (Å²) in [4.78, 5) is 35.7. The molecule has 92 valence electrons. The first-order chi connectivity index (χ1) is 7.84. The molecule has 0 aliphatic carbocycles. The summed E-state index contributed by atoms with van der Waals surface area (Å²) in [5.74, 6) is -2.33. The molecule has 0 atom stereocenters. The number of carbonyl (C=O) groups excluding carboxylic acids is 2. The normalized spacial score (nSPS) is 10.0. The molecule has 0 saturated heterocycles. The molecule has 0 radical (unpaired) electrons. The predicted octanol–water partition coefficient (Wildman–Crippen LogP) is -0.455. The second-order valence-corrected chi connectivity index (χ2v) is 3.58. The standard InChI is InChI=1S/C10H13N3O4/c1-4-7(9(15)12-3-6(11)14)5(2)13-8(4)10(16)17/h13H,3H2,1-2H3,(H2,11,14)(H,12,15)(H,16,17). The SMILES string of the molecule is Cc1[nH]c(C(=O)O)c(C)c1C(=O)NCC(N)=O. The highest BCUT2D eigenvalue weighted by Gasteiger charge is 2.21. The fourth-order valence-electron chi connectivity index (χ4n) is 1.56. The van der Waals surface area contributed by atoms with E-state index < -0.39 is 17.8 Å². The number of hydrogen-bond acceptors (Lipinski definition) is 3. The van der Waals surface area contributed by atoms with E-state index >= 15 is 0 Å². The lowest BCUT2D eigenvalue weighted by Gasteiger charge is -2.03. The van der Waals surface area contributed by atoms with Gasteiger partial charge in [-0.05, 0) is 19.4 Å². The van der Waals surface area contributed by atoms with E-state index in [4.69, 9.17) is 10.8 Å². The summed E-state index contributed by atoms with van der Waals surface area (Å²) in [5.41, 5.74) is 5.85. The van der Waals surface area contributed by atoms with Crippen LogP contribution in [0.25, 0.3) is 0 Å². The molecular weight excluding hydrogens is 226 g/mol. The van der Waals surface area contributed by atoms with Crippen LogP contribution in [0.5, 0.6) is 0 Å². The number of carboxylic acid groups (broad SMARTS) is 1. The lowest BCUT2D eigenvalue weighted by atomic mass is 10.1. The topological polar surface area (TPSA) is 125 Å². The molecule has 1 aromatic heterocycles. The largest absolute Gasteiger partial charge is 0.477 e. The van der Waals surface area contributed by atoms with Crippen molar-refractivity contribution in [1.29, 1.82) is 0 Å². The third kappa shape index (κ3) is 2.63. The van der Waals surface area contributed by atoms with Crippen LogP contribution in [0.1, 0.15) is 32.1 Å². The number of primary amides is 1. The fourth-order valence-corrected chi connectivity index (χ4v) is 1.56. The van der Waals surface area contributed by atoms with Crippen molar-refractivity contribution >= 4 is 17.8 Å². The number of aryl methyl sites for hydroxylation is 1. The molecule has 7 nitrogen and oxygen atoms in total. The number of rotatable bonds is 4. The number of carboxylic acids is 1. The third-order valence-electron chi connectivity index (χ3n) is 2.30. The molecule has 0 unspecified atom stereocenters. The van der Waals surface area contributed by atoms with Crippen molar-refractivity contribution in [3.63, 3.8) is 0 Å². The first kappa shape index (κ1) is 12.8.